The van der Waals surface area contributed by atoms with Crippen LogP contribution >= 0.6 is 0 Å². The lowest BCUT2D eigenvalue weighted by molar-refractivity contribution is 0.417. The summed E-state index contributed by atoms with van der Waals surface area (Å²) in [6, 6.07) is 11.0. The molecule has 0 saturated heterocycles. The van der Waals surface area contributed by atoms with E-state index in [-0.39, 0.29) is 0 Å². The van der Waals surface area contributed by atoms with Crippen LogP contribution in [0.4, 0.5) is 17.3 Å². The Hall–Kier alpha value is -2.30. The summed E-state index contributed by atoms with van der Waals surface area (Å²) in [5.41, 5.74) is 6.29. The second-order valence-corrected chi connectivity index (χ2v) is 3.17. The molecule has 0 spiro atoms. The third kappa shape index (κ3) is 2.20. The van der Waals surface area contributed by atoms with Crippen molar-refractivity contribution < 1.29 is 4.74 Å². The molecule has 0 aliphatic carbocycles. The summed E-state index contributed by atoms with van der Waals surface area (Å²) in [6.45, 7) is 0. The van der Waals surface area contributed by atoms with Crippen molar-refractivity contribution in [3.05, 3.63) is 36.4 Å². The molecular weight excluding hydrogens is 204 g/mol. The Morgan fingerprint density at radius 1 is 1.12 bits per heavy atom. The van der Waals surface area contributed by atoms with Crippen LogP contribution in [0, 0.1) is 0 Å². The highest BCUT2D eigenvalue weighted by atomic mass is 16.5. The summed E-state index contributed by atoms with van der Waals surface area (Å²) in [6.07, 6.45) is 0. The number of aromatic nitrogens is 2. The molecule has 16 heavy (non-hydrogen) atoms. The van der Waals surface area contributed by atoms with Crippen molar-refractivity contribution in [2.75, 3.05) is 18.2 Å². The van der Waals surface area contributed by atoms with Gasteiger partial charge >= 0.3 is 0 Å². The molecule has 0 fully saturated rings. The van der Waals surface area contributed by atoms with Gasteiger partial charge in [-0.15, -0.1) is 10.2 Å². The van der Waals surface area contributed by atoms with Gasteiger partial charge in [0.15, 0.2) is 5.82 Å². The molecule has 0 unspecified atom stereocenters. The lowest BCUT2D eigenvalue weighted by atomic mass is 10.3. The molecule has 1 heterocycles. The minimum absolute atomic E-state index is 0.394. The van der Waals surface area contributed by atoms with Gasteiger partial charge in [0.05, 0.1) is 12.8 Å². The third-order valence-electron chi connectivity index (χ3n) is 2.05. The number of nitrogen functional groups attached to an aromatic ring is 1. The second-order valence-electron chi connectivity index (χ2n) is 3.17. The number of methoxy groups -OCH3 is 1. The van der Waals surface area contributed by atoms with E-state index >= 15 is 0 Å². The number of para-hydroxylation sites is 2. The lowest BCUT2D eigenvalue weighted by Crippen LogP contribution is -1.99. The molecule has 2 aromatic rings. The van der Waals surface area contributed by atoms with E-state index in [4.69, 9.17) is 10.5 Å². The van der Waals surface area contributed by atoms with Crippen molar-refractivity contribution in [3.63, 3.8) is 0 Å². The van der Waals surface area contributed by atoms with Crippen molar-refractivity contribution in [1.29, 1.82) is 0 Å². The van der Waals surface area contributed by atoms with E-state index in [9.17, 15) is 0 Å². The van der Waals surface area contributed by atoms with Crippen LogP contribution in [0.25, 0.3) is 0 Å². The molecule has 0 aliphatic heterocycles. The topological polar surface area (TPSA) is 73.1 Å². The number of nitrogens with two attached hydrogens (primary N) is 1. The van der Waals surface area contributed by atoms with Crippen molar-refractivity contribution in [1.82, 2.24) is 10.2 Å². The van der Waals surface area contributed by atoms with Crippen LogP contribution in [-0.2, 0) is 0 Å². The molecule has 5 nitrogen and oxygen atoms in total. The SMILES string of the molecule is COc1ccccc1Nc1ccc(N)nn1. The first-order chi connectivity index (χ1) is 7.79. The Balaban J connectivity index is 2.23. The fourth-order valence-electron chi connectivity index (χ4n) is 1.30. The zero-order valence-electron chi connectivity index (χ0n) is 8.84. The maximum Gasteiger partial charge on any atom is 0.153 e. The van der Waals surface area contributed by atoms with E-state index in [1.54, 1.807) is 19.2 Å². The van der Waals surface area contributed by atoms with Crippen molar-refractivity contribution in [2.45, 2.75) is 0 Å². The predicted molar refractivity (Wildman–Crippen MR) is 62.7 cm³/mol. The van der Waals surface area contributed by atoms with Gasteiger partial charge in [0.25, 0.3) is 0 Å². The van der Waals surface area contributed by atoms with E-state index in [2.05, 4.69) is 15.5 Å². The number of nitrogens with one attached hydrogen (secondary N) is 1. The van der Waals surface area contributed by atoms with E-state index in [0.29, 0.717) is 11.6 Å². The standard InChI is InChI=1S/C11H12N4O/c1-16-9-5-3-2-4-8(9)13-11-7-6-10(12)14-15-11/h2-7H,1H3,(H2,12,14)(H,13,15). The molecule has 0 atom stereocenters. The van der Waals surface area contributed by atoms with Crippen LogP contribution in [0.15, 0.2) is 36.4 Å². The first-order valence-corrected chi connectivity index (χ1v) is 4.79. The first kappa shape index (κ1) is 10.2. The molecule has 82 valence electrons. The van der Waals surface area contributed by atoms with Crippen LogP contribution < -0.4 is 15.8 Å². The van der Waals surface area contributed by atoms with Crippen LogP contribution in [0.5, 0.6) is 5.75 Å². The second kappa shape index (κ2) is 4.48. The summed E-state index contributed by atoms with van der Waals surface area (Å²) in [4.78, 5) is 0. The minimum Gasteiger partial charge on any atom is -0.495 e. The highest BCUT2D eigenvalue weighted by Crippen LogP contribution is 2.25. The van der Waals surface area contributed by atoms with Crippen LogP contribution in [0.2, 0.25) is 0 Å². The van der Waals surface area contributed by atoms with Crippen molar-refractivity contribution >= 4 is 17.3 Å². The van der Waals surface area contributed by atoms with Gasteiger partial charge < -0.3 is 15.8 Å². The zero-order valence-corrected chi connectivity index (χ0v) is 8.84. The van der Waals surface area contributed by atoms with Crippen molar-refractivity contribution in [2.24, 2.45) is 0 Å². The summed E-state index contributed by atoms with van der Waals surface area (Å²) in [5.74, 6) is 1.77. The van der Waals surface area contributed by atoms with E-state index in [0.717, 1.165) is 11.4 Å². The predicted octanol–water partition coefficient (Wildman–Crippen LogP) is 1.81. The molecule has 0 aliphatic rings. The maximum atomic E-state index is 5.45. The van der Waals surface area contributed by atoms with E-state index in [1.165, 1.54) is 0 Å². The number of hydrogen-bond acceptors (Lipinski definition) is 5. The van der Waals surface area contributed by atoms with E-state index in [1.807, 2.05) is 24.3 Å². The van der Waals surface area contributed by atoms with Crippen LogP contribution in [0.1, 0.15) is 0 Å². The summed E-state index contributed by atoms with van der Waals surface area (Å²) >= 11 is 0. The Labute approximate surface area is 93.3 Å². The molecule has 0 amide bonds. The minimum atomic E-state index is 0.394. The monoisotopic (exact) mass is 216 g/mol. The average molecular weight is 216 g/mol. The normalized spacial score (nSPS) is 9.81. The van der Waals surface area contributed by atoms with Gasteiger partial charge in [0, 0.05) is 0 Å². The first-order valence-electron chi connectivity index (χ1n) is 4.79. The number of ether oxygens (including phenoxy) is 1. The van der Waals surface area contributed by atoms with Crippen molar-refractivity contribution in [3.8, 4) is 5.75 Å². The Morgan fingerprint density at radius 3 is 2.62 bits per heavy atom. The number of hydrogen-bond donors (Lipinski definition) is 2. The lowest BCUT2D eigenvalue weighted by Gasteiger charge is -2.09. The van der Waals surface area contributed by atoms with Gasteiger partial charge in [-0.1, -0.05) is 12.1 Å². The zero-order chi connectivity index (χ0) is 11.4. The molecule has 1 aromatic carbocycles. The molecule has 3 N–H and O–H groups in total. The third-order valence-corrected chi connectivity index (χ3v) is 2.05. The van der Waals surface area contributed by atoms with Crippen LogP contribution in [-0.4, -0.2) is 17.3 Å². The number of anilines is 3. The fraction of sp³-hybridized carbons (Fsp3) is 0.0909. The maximum absolute atomic E-state index is 5.45. The van der Waals surface area contributed by atoms with E-state index < -0.39 is 0 Å². The molecule has 0 radical (unpaired) electrons. The molecule has 5 heteroatoms. The number of rotatable bonds is 3. The summed E-state index contributed by atoms with van der Waals surface area (Å²) in [7, 11) is 1.62. The molecule has 1 aromatic heterocycles. The van der Waals surface area contributed by atoms with Gasteiger partial charge in [-0.05, 0) is 24.3 Å². The fourth-order valence-corrected chi connectivity index (χ4v) is 1.30. The van der Waals surface area contributed by atoms with Gasteiger partial charge in [0.1, 0.15) is 11.6 Å². The smallest absolute Gasteiger partial charge is 0.153 e. The molecule has 0 bridgehead atoms. The van der Waals surface area contributed by atoms with Gasteiger partial charge in [-0.3, -0.25) is 0 Å². The summed E-state index contributed by atoms with van der Waals surface area (Å²) < 4.78 is 5.21. The Bertz CT molecular complexity index is 470. The Kier molecular flexibility index (Phi) is 2.86. The number of nitrogens with zero attached hydrogens (tertiary/aromatic N) is 2. The number of benzene rings is 1. The molecular formula is C11H12N4O. The van der Waals surface area contributed by atoms with Gasteiger partial charge in [-0.25, -0.2) is 0 Å². The van der Waals surface area contributed by atoms with Crippen LogP contribution in [0.3, 0.4) is 0 Å². The van der Waals surface area contributed by atoms with Gasteiger partial charge in [0.2, 0.25) is 0 Å². The summed E-state index contributed by atoms with van der Waals surface area (Å²) in [5, 5.41) is 10.8. The quantitative estimate of drug-likeness (QED) is 0.818. The largest absolute Gasteiger partial charge is 0.495 e. The molecule has 2 rings (SSSR count). The van der Waals surface area contributed by atoms with Gasteiger partial charge in [-0.2, -0.15) is 0 Å². The molecule has 0 saturated carbocycles. The highest BCUT2D eigenvalue weighted by Gasteiger charge is 2.02. The Morgan fingerprint density at radius 2 is 1.94 bits per heavy atom. The average Bonchev–Trinajstić information content (AvgIpc) is 2.33. The highest BCUT2D eigenvalue weighted by molar-refractivity contribution is 5.63.